The van der Waals surface area contributed by atoms with Gasteiger partial charge in [0.2, 0.25) is 5.95 Å². The van der Waals surface area contributed by atoms with E-state index in [0.29, 0.717) is 41.6 Å². The molecule has 4 aliphatic rings. The van der Waals surface area contributed by atoms with E-state index < -0.39 is 5.60 Å². The summed E-state index contributed by atoms with van der Waals surface area (Å²) in [5, 5.41) is 29.0. The van der Waals surface area contributed by atoms with Gasteiger partial charge in [-0.3, -0.25) is 0 Å². The summed E-state index contributed by atoms with van der Waals surface area (Å²) < 4.78 is 5.55. The lowest BCUT2D eigenvalue weighted by molar-refractivity contribution is -0.0703. The van der Waals surface area contributed by atoms with Crippen LogP contribution in [0, 0.1) is 34.5 Å². The zero-order chi connectivity index (χ0) is 26.9. The van der Waals surface area contributed by atoms with Crippen LogP contribution in [-0.4, -0.2) is 39.4 Å². The molecule has 1 amide bonds. The summed E-state index contributed by atoms with van der Waals surface area (Å²) in [5.74, 6) is 2.58. The van der Waals surface area contributed by atoms with Crippen LogP contribution in [-0.2, 0) is 17.9 Å². The number of carbonyl (C=O) groups excluding carboxylic acids is 1. The number of rotatable bonds is 8. The summed E-state index contributed by atoms with van der Waals surface area (Å²) in [5.41, 5.74) is 1.92. The van der Waals surface area contributed by atoms with Crippen LogP contribution in [0.1, 0.15) is 69.6 Å². The molecular weight excluding hydrogens is 480 g/mol. The van der Waals surface area contributed by atoms with Crippen molar-refractivity contribution in [2.24, 2.45) is 23.2 Å². The molecule has 6 rings (SSSR count). The maximum absolute atomic E-state index is 12.5. The zero-order valence-electron chi connectivity index (χ0n) is 22.5. The number of aromatic nitrogens is 2. The number of aliphatic hydroxyl groups is 1. The van der Waals surface area contributed by atoms with Gasteiger partial charge in [-0.15, -0.1) is 0 Å². The van der Waals surface area contributed by atoms with Gasteiger partial charge in [0.1, 0.15) is 23.1 Å². The molecule has 9 nitrogen and oxygen atoms in total. The van der Waals surface area contributed by atoms with Crippen molar-refractivity contribution in [3.63, 3.8) is 0 Å². The fraction of sp³-hybridized carbons (Fsp3) is 0.586. The summed E-state index contributed by atoms with van der Waals surface area (Å²) in [6, 6.07) is 10.1. The Morgan fingerprint density at radius 1 is 1.18 bits per heavy atom. The molecule has 4 aliphatic carbocycles. The molecule has 4 bridgehead atoms. The van der Waals surface area contributed by atoms with E-state index in [0.717, 1.165) is 43.4 Å². The van der Waals surface area contributed by atoms with Crippen LogP contribution < -0.4 is 16.0 Å². The first-order valence-corrected chi connectivity index (χ1v) is 13.6. The highest BCUT2D eigenvalue weighted by molar-refractivity contribution is 5.68. The van der Waals surface area contributed by atoms with E-state index in [2.05, 4.69) is 32.0 Å². The third-order valence-corrected chi connectivity index (χ3v) is 8.25. The molecule has 0 radical (unpaired) electrons. The average molecular weight is 519 g/mol. The van der Waals surface area contributed by atoms with Gasteiger partial charge in [-0.2, -0.15) is 10.2 Å². The van der Waals surface area contributed by atoms with Gasteiger partial charge in [0.25, 0.3) is 0 Å². The van der Waals surface area contributed by atoms with Crippen molar-refractivity contribution < 1.29 is 14.6 Å². The van der Waals surface area contributed by atoms with Gasteiger partial charge in [0.05, 0.1) is 12.8 Å². The highest BCUT2D eigenvalue weighted by atomic mass is 16.6. The number of hydrogen-bond donors (Lipinski definition) is 4. The van der Waals surface area contributed by atoms with Gasteiger partial charge in [0.15, 0.2) is 0 Å². The van der Waals surface area contributed by atoms with Crippen LogP contribution in [0.4, 0.5) is 16.6 Å². The number of nitrogens with zero attached hydrogens (tertiary/aromatic N) is 3. The normalized spacial score (nSPS) is 27.4. The molecule has 38 heavy (non-hydrogen) atoms. The molecule has 4 saturated carbocycles. The lowest BCUT2D eigenvalue weighted by atomic mass is 9.48. The SMILES string of the molecule is CC(C)(C)OC(=O)NC1[C@@H]2CC3C[C@H]1CC(CNc1nc(NCc4cccc(CO)c4)ncc1C#N)(C3)C2. The Kier molecular flexibility index (Phi) is 7.19. The Morgan fingerprint density at radius 3 is 2.61 bits per heavy atom. The van der Waals surface area contributed by atoms with Crippen molar-refractivity contribution in [1.29, 1.82) is 5.26 Å². The lowest BCUT2D eigenvalue weighted by Crippen LogP contribution is -2.60. The third-order valence-electron chi connectivity index (χ3n) is 8.25. The molecule has 202 valence electrons. The Hall–Kier alpha value is -3.38. The minimum Gasteiger partial charge on any atom is -0.444 e. The van der Waals surface area contributed by atoms with Crippen molar-refractivity contribution in [3.8, 4) is 6.07 Å². The van der Waals surface area contributed by atoms with Crippen molar-refractivity contribution in [3.05, 3.63) is 47.2 Å². The summed E-state index contributed by atoms with van der Waals surface area (Å²) in [4.78, 5) is 21.5. The van der Waals surface area contributed by atoms with E-state index in [1.165, 1.54) is 6.42 Å². The Labute approximate surface area is 224 Å². The number of amides is 1. The lowest BCUT2D eigenvalue weighted by Gasteiger charge is -2.60. The molecule has 9 heteroatoms. The second kappa shape index (κ2) is 10.4. The number of nitrogens with one attached hydrogen (secondary N) is 3. The van der Waals surface area contributed by atoms with Crippen LogP contribution in [0.15, 0.2) is 30.5 Å². The summed E-state index contributed by atoms with van der Waals surface area (Å²) in [6.07, 6.45) is 6.82. The molecule has 1 aromatic carbocycles. The highest BCUT2D eigenvalue weighted by Gasteiger charge is 2.55. The van der Waals surface area contributed by atoms with Crippen molar-refractivity contribution in [2.45, 2.75) is 77.7 Å². The largest absolute Gasteiger partial charge is 0.444 e. The van der Waals surface area contributed by atoms with Gasteiger partial charge < -0.3 is 25.8 Å². The Bertz CT molecular complexity index is 1200. The monoisotopic (exact) mass is 518 g/mol. The fourth-order valence-electron chi connectivity index (χ4n) is 7.06. The van der Waals surface area contributed by atoms with E-state index in [1.807, 2.05) is 45.0 Å². The number of anilines is 2. The van der Waals surface area contributed by atoms with Crippen LogP contribution in [0.2, 0.25) is 0 Å². The molecule has 4 fully saturated rings. The molecule has 1 heterocycles. The van der Waals surface area contributed by atoms with E-state index in [-0.39, 0.29) is 24.2 Å². The van der Waals surface area contributed by atoms with E-state index in [1.54, 1.807) is 6.20 Å². The average Bonchev–Trinajstić information content (AvgIpc) is 2.87. The minimum atomic E-state index is -0.506. The van der Waals surface area contributed by atoms with Crippen LogP contribution in [0.25, 0.3) is 0 Å². The predicted molar refractivity (Wildman–Crippen MR) is 144 cm³/mol. The van der Waals surface area contributed by atoms with E-state index >= 15 is 0 Å². The highest BCUT2D eigenvalue weighted by Crippen LogP contribution is 2.60. The molecule has 4 N–H and O–H groups in total. The number of ether oxygens (including phenoxy) is 1. The van der Waals surface area contributed by atoms with Gasteiger partial charge in [-0.1, -0.05) is 24.3 Å². The summed E-state index contributed by atoms with van der Waals surface area (Å²) >= 11 is 0. The van der Waals surface area contributed by atoms with Crippen LogP contribution >= 0.6 is 0 Å². The van der Waals surface area contributed by atoms with Crippen molar-refractivity contribution in [1.82, 2.24) is 15.3 Å². The van der Waals surface area contributed by atoms with Gasteiger partial charge in [-0.05, 0) is 87.2 Å². The maximum atomic E-state index is 12.5. The topological polar surface area (TPSA) is 132 Å². The number of nitriles is 1. The number of hydrogen-bond acceptors (Lipinski definition) is 8. The number of aliphatic hydroxyl groups excluding tert-OH is 1. The number of alkyl carbamates (subject to hydrolysis) is 1. The standard InChI is InChI=1S/C29H38N6O3/c1-28(2,3)38-27(37)34-24-21-8-20-9-22(24)12-29(10-20,11-21)17-33-25-23(13-30)15-32-26(35-25)31-14-18-5-4-6-19(7-18)16-36/h4-7,15,20-22,24,36H,8-12,14,16-17H2,1-3H3,(H,34,37)(H2,31,32,33,35)/t20?,21-,22+,24?,29?. The molecule has 0 saturated heterocycles. The Balaban J connectivity index is 1.23. The third kappa shape index (κ3) is 5.86. The number of benzene rings is 1. The van der Waals surface area contributed by atoms with Gasteiger partial charge >= 0.3 is 6.09 Å². The molecule has 1 aromatic heterocycles. The summed E-state index contributed by atoms with van der Waals surface area (Å²) in [6.45, 7) is 6.93. The van der Waals surface area contributed by atoms with Crippen molar-refractivity contribution >= 4 is 17.9 Å². The fourth-order valence-corrected chi connectivity index (χ4v) is 7.06. The second-order valence-electron chi connectivity index (χ2n) is 12.4. The molecule has 0 spiro atoms. The quantitative estimate of drug-likeness (QED) is 0.399. The first-order valence-electron chi connectivity index (χ1n) is 13.6. The predicted octanol–water partition coefficient (Wildman–Crippen LogP) is 4.58. The van der Waals surface area contributed by atoms with E-state index in [9.17, 15) is 15.2 Å². The molecule has 5 atom stereocenters. The van der Waals surface area contributed by atoms with Crippen molar-refractivity contribution in [2.75, 3.05) is 17.2 Å². The first-order chi connectivity index (χ1) is 18.1. The first kappa shape index (κ1) is 26.2. The van der Waals surface area contributed by atoms with Gasteiger partial charge in [-0.25, -0.2) is 9.78 Å². The minimum absolute atomic E-state index is 0.00257. The summed E-state index contributed by atoms with van der Waals surface area (Å²) in [7, 11) is 0. The number of carbonyl (C=O) groups is 1. The smallest absolute Gasteiger partial charge is 0.407 e. The molecule has 0 aliphatic heterocycles. The molecular formula is C29H38N6O3. The van der Waals surface area contributed by atoms with Crippen LogP contribution in [0.3, 0.4) is 0 Å². The second-order valence-corrected chi connectivity index (χ2v) is 12.4. The van der Waals surface area contributed by atoms with Gasteiger partial charge in [0, 0.05) is 19.1 Å². The molecule has 2 aromatic rings. The Morgan fingerprint density at radius 2 is 1.92 bits per heavy atom. The molecule has 3 unspecified atom stereocenters. The van der Waals surface area contributed by atoms with Crippen LogP contribution in [0.5, 0.6) is 0 Å². The zero-order valence-corrected chi connectivity index (χ0v) is 22.5. The van der Waals surface area contributed by atoms with E-state index in [4.69, 9.17) is 4.74 Å². The maximum Gasteiger partial charge on any atom is 0.407 e.